The molecule has 0 N–H and O–H groups in total. The summed E-state index contributed by atoms with van der Waals surface area (Å²) in [6, 6.07) is 16.3. The second-order valence-electron chi connectivity index (χ2n) is 12.4. The van der Waals surface area contributed by atoms with Crippen molar-refractivity contribution in [3.8, 4) is 0 Å². The minimum absolute atomic E-state index is 0.121. The van der Waals surface area contributed by atoms with Gasteiger partial charge in [0.1, 0.15) is 6.67 Å². The predicted molar refractivity (Wildman–Crippen MR) is 140 cm³/mol. The summed E-state index contributed by atoms with van der Waals surface area (Å²) < 4.78 is 20.5. The molecular formula is C32H38FNO. The van der Waals surface area contributed by atoms with E-state index < -0.39 is 0 Å². The van der Waals surface area contributed by atoms with Gasteiger partial charge in [-0.25, -0.2) is 4.39 Å². The average molecular weight is 472 g/mol. The van der Waals surface area contributed by atoms with Crippen LogP contribution in [-0.4, -0.2) is 42.4 Å². The van der Waals surface area contributed by atoms with Crippen molar-refractivity contribution in [2.75, 3.05) is 20.3 Å². The minimum Gasteiger partial charge on any atom is -0.359 e. The molecular weight excluding hydrogens is 433 g/mol. The van der Waals surface area contributed by atoms with Crippen LogP contribution in [0.25, 0.3) is 10.8 Å². The van der Waals surface area contributed by atoms with E-state index >= 15 is 0 Å². The third-order valence-corrected chi connectivity index (χ3v) is 10.9. The molecule has 2 spiro atoms. The van der Waals surface area contributed by atoms with Crippen LogP contribution in [0.5, 0.6) is 0 Å². The molecule has 0 radical (unpaired) electrons. The monoisotopic (exact) mass is 471 g/mol. The SMILES string of the molecule is CN(CCF)[C@H]1CCC2=CC3=CC[C@]4(C)[C@@H](c5ccc6ccccc6c5)CC[C@H]4[C@@]34CCC2(C1)O4. The van der Waals surface area contributed by atoms with Gasteiger partial charge in [0.25, 0.3) is 0 Å². The summed E-state index contributed by atoms with van der Waals surface area (Å²) in [7, 11) is 2.09. The second kappa shape index (κ2) is 7.76. The fourth-order valence-corrected chi connectivity index (χ4v) is 9.05. The van der Waals surface area contributed by atoms with Gasteiger partial charge in [-0.2, -0.15) is 0 Å². The Kier molecular flexibility index (Phi) is 4.93. The van der Waals surface area contributed by atoms with Crippen molar-refractivity contribution in [1.82, 2.24) is 4.90 Å². The zero-order chi connectivity index (χ0) is 23.8. The third kappa shape index (κ3) is 3.07. The number of nitrogens with zero attached hydrogens (tertiary/aromatic N) is 1. The number of fused-ring (bicyclic) bond motifs is 2. The molecule has 1 unspecified atom stereocenters. The van der Waals surface area contributed by atoms with Crippen molar-refractivity contribution in [3.63, 3.8) is 0 Å². The number of ether oxygens (including phenoxy) is 1. The molecule has 2 nitrogen and oxygen atoms in total. The number of hydrogen-bond donors (Lipinski definition) is 0. The molecule has 5 aliphatic rings. The first kappa shape index (κ1) is 22.2. The first-order valence-electron chi connectivity index (χ1n) is 13.8. The molecule has 2 aromatic carbocycles. The minimum atomic E-state index is -0.267. The summed E-state index contributed by atoms with van der Waals surface area (Å²) in [5.41, 5.74) is 4.49. The fraction of sp³-hybridized carbons (Fsp3) is 0.562. The number of benzene rings is 2. The number of rotatable bonds is 4. The van der Waals surface area contributed by atoms with Crippen LogP contribution in [0.15, 0.2) is 65.8 Å². The van der Waals surface area contributed by atoms with E-state index in [-0.39, 0.29) is 23.3 Å². The van der Waals surface area contributed by atoms with Crippen LogP contribution < -0.4 is 0 Å². The lowest BCUT2D eigenvalue weighted by molar-refractivity contribution is -0.140. The van der Waals surface area contributed by atoms with Crippen LogP contribution in [0.1, 0.15) is 69.8 Å². The second-order valence-corrected chi connectivity index (χ2v) is 12.4. The molecule has 3 fully saturated rings. The highest BCUT2D eigenvalue weighted by molar-refractivity contribution is 5.83. The number of halogens is 1. The van der Waals surface area contributed by atoms with Crippen LogP contribution in [0.3, 0.4) is 0 Å². The number of hydrogen-bond acceptors (Lipinski definition) is 2. The largest absolute Gasteiger partial charge is 0.359 e. The molecule has 35 heavy (non-hydrogen) atoms. The lowest BCUT2D eigenvalue weighted by Gasteiger charge is -2.55. The van der Waals surface area contributed by atoms with Gasteiger partial charge >= 0.3 is 0 Å². The molecule has 6 atom stereocenters. The fourth-order valence-electron chi connectivity index (χ4n) is 9.05. The third-order valence-electron chi connectivity index (χ3n) is 10.9. The molecule has 2 bridgehead atoms. The molecule has 2 heterocycles. The molecule has 184 valence electrons. The van der Waals surface area contributed by atoms with Crippen molar-refractivity contribution in [3.05, 3.63) is 71.3 Å². The number of allylic oxidation sites excluding steroid dienone is 1. The van der Waals surface area contributed by atoms with E-state index in [0.717, 1.165) is 38.5 Å². The van der Waals surface area contributed by atoms with Crippen molar-refractivity contribution in [1.29, 1.82) is 0 Å². The molecule has 1 saturated heterocycles. The maximum absolute atomic E-state index is 13.1. The zero-order valence-electron chi connectivity index (χ0n) is 21.2. The van der Waals surface area contributed by atoms with Crippen molar-refractivity contribution in [2.45, 2.75) is 81.5 Å². The molecule has 3 heteroatoms. The summed E-state index contributed by atoms with van der Waals surface area (Å²) in [5, 5.41) is 2.69. The topological polar surface area (TPSA) is 12.5 Å². The lowest BCUT2D eigenvalue weighted by atomic mass is 9.58. The Balaban J connectivity index is 1.24. The van der Waals surface area contributed by atoms with Gasteiger partial charge in [-0.15, -0.1) is 0 Å². The molecule has 0 amide bonds. The molecule has 3 aliphatic carbocycles. The Morgan fingerprint density at radius 2 is 1.91 bits per heavy atom. The van der Waals surface area contributed by atoms with E-state index in [1.54, 1.807) is 0 Å². The first-order chi connectivity index (χ1) is 17.0. The van der Waals surface area contributed by atoms with Gasteiger partial charge in [0, 0.05) is 12.6 Å². The average Bonchev–Trinajstić information content (AvgIpc) is 3.38. The molecule has 7 rings (SSSR count). The van der Waals surface area contributed by atoms with Crippen LogP contribution in [0, 0.1) is 11.3 Å². The van der Waals surface area contributed by atoms with Gasteiger partial charge in [0.05, 0.1) is 11.2 Å². The maximum Gasteiger partial charge on any atom is 0.102 e. The quantitative estimate of drug-likeness (QED) is 0.462. The van der Waals surface area contributed by atoms with Crippen molar-refractivity contribution >= 4 is 10.8 Å². The Bertz CT molecular complexity index is 1230. The summed E-state index contributed by atoms with van der Waals surface area (Å²) >= 11 is 0. The van der Waals surface area contributed by atoms with Gasteiger partial charge in [0.2, 0.25) is 0 Å². The smallest absolute Gasteiger partial charge is 0.102 e. The molecule has 2 aliphatic heterocycles. The normalized spacial score (nSPS) is 39.7. The molecule has 0 aromatic heterocycles. The van der Waals surface area contributed by atoms with Gasteiger partial charge in [0.15, 0.2) is 0 Å². The van der Waals surface area contributed by atoms with E-state index in [1.165, 1.54) is 40.3 Å². The zero-order valence-corrected chi connectivity index (χ0v) is 21.2. The lowest BCUT2D eigenvalue weighted by Crippen LogP contribution is -2.55. The van der Waals surface area contributed by atoms with Gasteiger partial charge in [-0.1, -0.05) is 61.5 Å². The summed E-state index contributed by atoms with van der Waals surface area (Å²) in [4.78, 5) is 2.24. The predicted octanol–water partition coefficient (Wildman–Crippen LogP) is 7.35. The van der Waals surface area contributed by atoms with Crippen molar-refractivity contribution in [2.24, 2.45) is 11.3 Å². The highest BCUT2D eigenvalue weighted by Gasteiger charge is 2.66. The molecule has 2 aromatic rings. The van der Waals surface area contributed by atoms with E-state index in [9.17, 15) is 4.39 Å². The van der Waals surface area contributed by atoms with E-state index in [4.69, 9.17) is 4.74 Å². The van der Waals surface area contributed by atoms with Crippen LogP contribution in [0.4, 0.5) is 4.39 Å². The van der Waals surface area contributed by atoms with Crippen molar-refractivity contribution < 1.29 is 9.13 Å². The summed E-state index contributed by atoms with van der Waals surface area (Å²) in [6.45, 7) is 2.82. The van der Waals surface area contributed by atoms with Crippen LogP contribution >= 0.6 is 0 Å². The van der Waals surface area contributed by atoms with E-state index in [0.29, 0.717) is 24.4 Å². The van der Waals surface area contributed by atoms with E-state index in [1.807, 2.05) is 0 Å². The van der Waals surface area contributed by atoms with Gasteiger partial charge < -0.3 is 9.64 Å². The Labute approximate surface area is 209 Å². The van der Waals surface area contributed by atoms with E-state index in [2.05, 4.69) is 73.5 Å². The first-order valence-corrected chi connectivity index (χ1v) is 13.8. The van der Waals surface area contributed by atoms with Gasteiger partial charge in [-0.05, 0) is 103 Å². The summed E-state index contributed by atoms with van der Waals surface area (Å²) in [6.07, 6.45) is 14.3. The number of alkyl halides is 1. The highest BCUT2D eigenvalue weighted by Crippen LogP contribution is 2.69. The maximum atomic E-state index is 13.1. The molecule has 2 saturated carbocycles. The Morgan fingerprint density at radius 3 is 2.77 bits per heavy atom. The highest BCUT2D eigenvalue weighted by atomic mass is 19.1. The van der Waals surface area contributed by atoms with Crippen LogP contribution in [-0.2, 0) is 4.74 Å². The summed E-state index contributed by atoms with van der Waals surface area (Å²) in [5.74, 6) is 1.14. The van der Waals surface area contributed by atoms with Gasteiger partial charge in [-0.3, -0.25) is 0 Å². The Morgan fingerprint density at radius 1 is 1.06 bits per heavy atom. The standard InChI is InChI=1S/C32H38FNO/c1-30-14-13-26-20-25-9-10-27(34(2)18-17-33)21-31(25)15-16-32(26,35-31)29(30)12-11-28(30)24-8-7-22-5-3-4-6-23(22)19-24/h3-8,13,19-20,27-29H,9-12,14-18,21H2,1-2H3/t27-,28+,29+,30+,31?,32+/m0/s1. The van der Waals surface area contributed by atoms with Crippen LogP contribution in [0.2, 0.25) is 0 Å². The Hall–Kier alpha value is -1.97.